The van der Waals surface area contributed by atoms with Crippen LogP contribution in [0.3, 0.4) is 0 Å². The number of amidine groups is 1. The second kappa shape index (κ2) is 8.28. The summed E-state index contributed by atoms with van der Waals surface area (Å²) in [6.45, 7) is 0.972. The first kappa shape index (κ1) is 15.1. The quantitative estimate of drug-likeness (QED) is 0.279. The number of nitrogens with zero attached hydrogens (tertiary/aromatic N) is 2. The van der Waals surface area contributed by atoms with E-state index in [1.54, 1.807) is 26.0 Å². The molecule has 0 aromatic heterocycles. The Balaban J connectivity index is 4.69. The zero-order valence-corrected chi connectivity index (χ0v) is 10.4. The van der Waals surface area contributed by atoms with Gasteiger partial charge < -0.3 is 21.3 Å². The van der Waals surface area contributed by atoms with E-state index in [1.165, 1.54) is 12.2 Å². The number of likely N-dealkylation sites (N-methyl/N-ethyl adjacent to an activating group) is 1. The molecule has 0 aliphatic rings. The van der Waals surface area contributed by atoms with Crippen LogP contribution in [-0.2, 0) is 4.79 Å². The van der Waals surface area contributed by atoms with Crippen molar-refractivity contribution in [3.63, 3.8) is 0 Å². The molecule has 5 N–H and O–H groups in total. The first-order valence-corrected chi connectivity index (χ1v) is 5.19. The maximum absolute atomic E-state index is 11.0. The molecule has 0 rings (SSSR count). The molecule has 7 heteroatoms. The number of hydrogen-bond donors (Lipinski definition) is 4. The Morgan fingerprint density at radius 2 is 2.12 bits per heavy atom. The van der Waals surface area contributed by atoms with Crippen LogP contribution in [0.5, 0.6) is 0 Å². The fourth-order valence-corrected chi connectivity index (χ4v) is 0.788. The van der Waals surface area contributed by atoms with Crippen molar-refractivity contribution in [2.24, 2.45) is 10.7 Å². The van der Waals surface area contributed by atoms with Crippen LogP contribution in [0.4, 0.5) is 0 Å². The van der Waals surface area contributed by atoms with Crippen LogP contribution in [-0.4, -0.2) is 56.8 Å². The number of nitrogens with one attached hydrogen (secondary N) is 3. The third-order valence-corrected chi connectivity index (χ3v) is 1.74. The number of hydrogen-bond acceptors (Lipinski definition) is 3. The molecular weight excluding hydrogens is 220 g/mol. The number of amides is 1. The molecule has 0 unspecified atom stereocenters. The van der Waals surface area contributed by atoms with Crippen LogP contribution < -0.4 is 16.4 Å². The van der Waals surface area contributed by atoms with Crippen LogP contribution in [0, 0.1) is 5.41 Å². The highest BCUT2D eigenvalue weighted by atomic mass is 16.1. The summed E-state index contributed by atoms with van der Waals surface area (Å²) in [5.41, 5.74) is 5.36. The van der Waals surface area contributed by atoms with Crippen molar-refractivity contribution in [1.29, 1.82) is 5.41 Å². The Kier molecular flexibility index (Phi) is 7.36. The smallest absolute Gasteiger partial charge is 0.243 e. The maximum Gasteiger partial charge on any atom is 0.243 e. The number of carbonyl (C=O) groups excluding carboxylic acids is 1. The van der Waals surface area contributed by atoms with E-state index in [-0.39, 0.29) is 11.9 Å². The van der Waals surface area contributed by atoms with Crippen LogP contribution in [0.1, 0.15) is 0 Å². The van der Waals surface area contributed by atoms with E-state index < -0.39 is 0 Å². The lowest BCUT2D eigenvalue weighted by Crippen LogP contribution is -2.30. The van der Waals surface area contributed by atoms with E-state index in [1.807, 2.05) is 0 Å². The van der Waals surface area contributed by atoms with Crippen LogP contribution in [0.25, 0.3) is 0 Å². The third kappa shape index (κ3) is 7.07. The SMILES string of the molecule is CNC(=O)/C=C/C(=N\C(=N)N(C)C)NCCN. The second-order valence-electron chi connectivity index (χ2n) is 3.38. The summed E-state index contributed by atoms with van der Waals surface area (Å²) in [6, 6.07) is 0. The molecule has 0 saturated heterocycles. The first-order chi connectivity index (χ1) is 8.01. The highest BCUT2D eigenvalue weighted by molar-refractivity contribution is 6.04. The van der Waals surface area contributed by atoms with Crippen molar-refractivity contribution in [3.8, 4) is 0 Å². The van der Waals surface area contributed by atoms with Crippen LogP contribution in [0.2, 0.25) is 0 Å². The maximum atomic E-state index is 11.0. The minimum Gasteiger partial charge on any atom is -0.369 e. The highest BCUT2D eigenvalue weighted by Gasteiger charge is 2.00. The molecule has 7 nitrogen and oxygen atoms in total. The Morgan fingerprint density at radius 1 is 1.47 bits per heavy atom. The predicted octanol–water partition coefficient (Wildman–Crippen LogP) is -1.27. The summed E-state index contributed by atoms with van der Waals surface area (Å²) in [5, 5.41) is 13.0. The number of nitrogens with two attached hydrogens (primary N) is 1. The van der Waals surface area contributed by atoms with Crippen molar-refractivity contribution in [1.82, 2.24) is 15.5 Å². The van der Waals surface area contributed by atoms with Gasteiger partial charge in [-0.1, -0.05) is 0 Å². The average molecular weight is 240 g/mol. The molecule has 96 valence electrons. The van der Waals surface area contributed by atoms with Gasteiger partial charge in [-0.2, -0.15) is 4.99 Å². The lowest BCUT2D eigenvalue weighted by atomic mass is 10.4. The van der Waals surface area contributed by atoms with E-state index in [2.05, 4.69) is 15.6 Å². The standard InChI is InChI=1S/C10H20N6O/c1-13-9(17)5-4-8(14-7-6-11)15-10(12)16(2)3/h4-5H,6-7,11H2,1-3H3,(H,13,17)(H2,12,14,15)/b5-4+. The summed E-state index contributed by atoms with van der Waals surface area (Å²) >= 11 is 0. The van der Waals surface area contributed by atoms with Crippen LogP contribution in [0.15, 0.2) is 17.1 Å². The van der Waals surface area contributed by atoms with Gasteiger partial charge in [0.1, 0.15) is 5.84 Å². The Hall–Kier alpha value is -1.89. The molecule has 0 radical (unpaired) electrons. The molecule has 0 heterocycles. The van der Waals surface area contributed by atoms with Crippen LogP contribution >= 0.6 is 0 Å². The van der Waals surface area contributed by atoms with E-state index in [9.17, 15) is 4.79 Å². The van der Waals surface area contributed by atoms with Gasteiger partial charge >= 0.3 is 0 Å². The molecule has 0 aromatic rings. The molecule has 0 spiro atoms. The minimum absolute atomic E-state index is 0.0890. The fourth-order valence-electron chi connectivity index (χ4n) is 0.788. The largest absolute Gasteiger partial charge is 0.369 e. The summed E-state index contributed by atoms with van der Waals surface area (Å²) in [5.74, 6) is 0.285. The summed E-state index contributed by atoms with van der Waals surface area (Å²) in [4.78, 5) is 16.6. The summed E-state index contributed by atoms with van der Waals surface area (Å²) in [6.07, 6.45) is 2.85. The van der Waals surface area contributed by atoms with Gasteiger partial charge in [0.15, 0.2) is 0 Å². The lowest BCUT2D eigenvalue weighted by Gasteiger charge is -2.11. The van der Waals surface area contributed by atoms with Gasteiger partial charge in [0.2, 0.25) is 11.9 Å². The zero-order valence-electron chi connectivity index (χ0n) is 10.4. The predicted molar refractivity (Wildman–Crippen MR) is 69.1 cm³/mol. The van der Waals surface area contributed by atoms with Gasteiger partial charge in [-0.15, -0.1) is 0 Å². The molecule has 0 atom stereocenters. The monoisotopic (exact) mass is 240 g/mol. The summed E-state index contributed by atoms with van der Waals surface area (Å²) in [7, 11) is 4.97. The van der Waals surface area contributed by atoms with Gasteiger partial charge in [-0.25, -0.2) is 0 Å². The van der Waals surface area contributed by atoms with Gasteiger partial charge in [-0.3, -0.25) is 10.2 Å². The number of aliphatic imine (C=N–C) groups is 1. The van der Waals surface area contributed by atoms with Crippen molar-refractivity contribution in [2.45, 2.75) is 0 Å². The molecule has 17 heavy (non-hydrogen) atoms. The molecule has 0 bridgehead atoms. The van der Waals surface area contributed by atoms with Crippen molar-refractivity contribution < 1.29 is 4.79 Å². The lowest BCUT2D eigenvalue weighted by molar-refractivity contribution is -0.116. The topological polar surface area (TPSA) is 107 Å². The Bertz CT molecular complexity index is 321. The Labute approximate surface area is 101 Å². The first-order valence-electron chi connectivity index (χ1n) is 5.19. The van der Waals surface area contributed by atoms with Crippen molar-refractivity contribution in [3.05, 3.63) is 12.2 Å². The van der Waals surface area contributed by atoms with Gasteiger partial charge in [-0.05, 0) is 6.08 Å². The molecule has 0 aliphatic carbocycles. The third-order valence-electron chi connectivity index (χ3n) is 1.74. The molecule has 0 aliphatic heterocycles. The number of rotatable bonds is 4. The van der Waals surface area contributed by atoms with Crippen molar-refractivity contribution in [2.75, 3.05) is 34.2 Å². The van der Waals surface area contributed by atoms with Gasteiger partial charge in [0, 0.05) is 40.3 Å². The second-order valence-corrected chi connectivity index (χ2v) is 3.38. The fraction of sp³-hybridized carbons (Fsp3) is 0.500. The Morgan fingerprint density at radius 3 is 2.59 bits per heavy atom. The average Bonchev–Trinajstić information content (AvgIpc) is 2.31. The van der Waals surface area contributed by atoms with E-state index >= 15 is 0 Å². The molecule has 0 aromatic carbocycles. The zero-order chi connectivity index (χ0) is 13.3. The van der Waals surface area contributed by atoms with Crippen molar-refractivity contribution >= 4 is 17.7 Å². The molecule has 0 fully saturated rings. The highest BCUT2D eigenvalue weighted by Crippen LogP contribution is 1.86. The normalized spacial score (nSPS) is 11.4. The summed E-state index contributed by atoms with van der Waals surface area (Å²) < 4.78 is 0. The van der Waals surface area contributed by atoms with E-state index in [0.29, 0.717) is 18.9 Å². The number of guanidine groups is 1. The van der Waals surface area contributed by atoms with E-state index in [4.69, 9.17) is 11.1 Å². The van der Waals surface area contributed by atoms with E-state index in [0.717, 1.165) is 0 Å². The molecule has 0 saturated carbocycles. The molecular formula is C10H20N6O. The van der Waals surface area contributed by atoms with Gasteiger partial charge in [0.25, 0.3) is 0 Å². The number of carbonyl (C=O) groups is 1. The molecule has 1 amide bonds. The minimum atomic E-state index is -0.233. The van der Waals surface area contributed by atoms with Gasteiger partial charge in [0.05, 0.1) is 0 Å².